The van der Waals surface area contributed by atoms with Crippen molar-refractivity contribution in [3.8, 4) is 0 Å². The molecule has 0 bridgehead atoms. The predicted octanol–water partition coefficient (Wildman–Crippen LogP) is 3.21. The average Bonchev–Trinajstić information content (AvgIpc) is 2.54. The summed E-state index contributed by atoms with van der Waals surface area (Å²) in [5, 5.41) is 10.7. The van der Waals surface area contributed by atoms with E-state index in [-0.39, 0.29) is 17.4 Å². The van der Waals surface area contributed by atoms with Crippen LogP contribution in [0.25, 0.3) is 0 Å². The van der Waals surface area contributed by atoms with Crippen LogP contribution in [0.2, 0.25) is 0 Å². The van der Waals surface area contributed by atoms with Gasteiger partial charge in [-0.1, -0.05) is 25.0 Å². The molecule has 0 N–H and O–H groups in total. The second-order valence-electron chi connectivity index (χ2n) is 4.47. The van der Waals surface area contributed by atoms with E-state index in [1.807, 2.05) is 6.07 Å². The minimum atomic E-state index is -0.412. The predicted molar refractivity (Wildman–Crippen MR) is 63.9 cm³/mol. The van der Waals surface area contributed by atoms with Gasteiger partial charge in [0.25, 0.3) is 5.69 Å². The van der Waals surface area contributed by atoms with E-state index in [0.29, 0.717) is 6.42 Å². The Morgan fingerprint density at radius 3 is 2.82 bits per heavy atom. The Balaban J connectivity index is 2.28. The lowest BCUT2D eigenvalue weighted by Crippen LogP contribution is -2.10. The molecule has 1 aromatic carbocycles. The maximum Gasteiger partial charge on any atom is 0.269 e. The monoisotopic (exact) mass is 233 g/mol. The number of nitro benzene ring substituents is 1. The maximum absolute atomic E-state index is 11.9. The number of Topliss-reactive ketones (excluding diaryl/α,β-unsaturated/α-hetero) is 1. The summed E-state index contributed by atoms with van der Waals surface area (Å²) in [6, 6.07) is 6.48. The summed E-state index contributed by atoms with van der Waals surface area (Å²) in [7, 11) is 0. The highest BCUT2D eigenvalue weighted by atomic mass is 16.6. The maximum atomic E-state index is 11.9. The first-order valence-electron chi connectivity index (χ1n) is 5.95. The Morgan fingerprint density at radius 2 is 2.06 bits per heavy atom. The summed E-state index contributed by atoms with van der Waals surface area (Å²) in [6.07, 6.45) is 4.48. The van der Waals surface area contributed by atoms with Crippen LogP contribution in [0.1, 0.15) is 43.6 Å². The van der Waals surface area contributed by atoms with E-state index in [9.17, 15) is 14.9 Å². The molecule has 1 atom stereocenters. The van der Waals surface area contributed by atoms with E-state index in [1.165, 1.54) is 12.1 Å². The van der Waals surface area contributed by atoms with E-state index >= 15 is 0 Å². The third-order valence-corrected chi connectivity index (χ3v) is 3.29. The first-order valence-corrected chi connectivity index (χ1v) is 5.95. The van der Waals surface area contributed by atoms with Gasteiger partial charge in [-0.15, -0.1) is 0 Å². The normalized spacial score (nSPS) is 20.9. The number of carbonyl (C=O) groups is 1. The fourth-order valence-corrected chi connectivity index (χ4v) is 2.37. The molecule has 4 nitrogen and oxygen atoms in total. The van der Waals surface area contributed by atoms with Gasteiger partial charge in [0.15, 0.2) is 0 Å². The molecule has 1 aromatic rings. The summed E-state index contributed by atoms with van der Waals surface area (Å²) >= 11 is 0. The molecule has 2 rings (SSSR count). The SMILES string of the molecule is O=C1CCCCCC1c1cccc([N+](=O)[O-])c1. The van der Waals surface area contributed by atoms with Gasteiger partial charge in [0.05, 0.1) is 4.92 Å². The van der Waals surface area contributed by atoms with Crippen molar-refractivity contribution in [3.63, 3.8) is 0 Å². The number of carbonyl (C=O) groups excluding carboxylic acids is 1. The van der Waals surface area contributed by atoms with Crippen molar-refractivity contribution in [1.29, 1.82) is 0 Å². The number of non-ortho nitro benzene ring substituents is 1. The molecule has 0 spiro atoms. The molecule has 90 valence electrons. The number of nitrogens with zero attached hydrogens (tertiary/aromatic N) is 1. The highest BCUT2D eigenvalue weighted by Gasteiger charge is 2.23. The number of nitro groups is 1. The Hall–Kier alpha value is -1.71. The van der Waals surface area contributed by atoms with E-state index in [1.54, 1.807) is 6.07 Å². The molecule has 1 saturated carbocycles. The third kappa shape index (κ3) is 2.70. The fraction of sp³-hybridized carbons (Fsp3) is 0.462. The number of rotatable bonds is 2. The van der Waals surface area contributed by atoms with Crippen LogP contribution in [0, 0.1) is 10.1 Å². The second-order valence-corrected chi connectivity index (χ2v) is 4.47. The lowest BCUT2D eigenvalue weighted by atomic mass is 9.90. The minimum Gasteiger partial charge on any atom is -0.299 e. The van der Waals surface area contributed by atoms with Crippen LogP contribution in [-0.2, 0) is 4.79 Å². The van der Waals surface area contributed by atoms with Crippen molar-refractivity contribution < 1.29 is 9.72 Å². The van der Waals surface area contributed by atoms with Crippen LogP contribution in [0.15, 0.2) is 24.3 Å². The van der Waals surface area contributed by atoms with Crippen LogP contribution in [-0.4, -0.2) is 10.7 Å². The highest BCUT2D eigenvalue weighted by molar-refractivity contribution is 5.86. The van der Waals surface area contributed by atoms with Crippen molar-refractivity contribution in [2.75, 3.05) is 0 Å². The minimum absolute atomic E-state index is 0.0690. The number of hydrogen-bond acceptors (Lipinski definition) is 3. The topological polar surface area (TPSA) is 60.2 Å². The summed E-state index contributed by atoms with van der Waals surface area (Å²) in [4.78, 5) is 22.2. The largest absolute Gasteiger partial charge is 0.299 e. The van der Waals surface area contributed by atoms with E-state index < -0.39 is 4.92 Å². The zero-order chi connectivity index (χ0) is 12.3. The van der Waals surface area contributed by atoms with Gasteiger partial charge in [0.1, 0.15) is 5.78 Å². The lowest BCUT2D eigenvalue weighted by molar-refractivity contribution is -0.384. The number of benzene rings is 1. The first-order chi connectivity index (χ1) is 8.18. The molecule has 0 aliphatic heterocycles. The smallest absolute Gasteiger partial charge is 0.269 e. The van der Waals surface area contributed by atoms with Gasteiger partial charge in [-0.25, -0.2) is 0 Å². The van der Waals surface area contributed by atoms with Crippen LogP contribution in [0.3, 0.4) is 0 Å². The van der Waals surface area contributed by atoms with Crippen LogP contribution >= 0.6 is 0 Å². The molecule has 0 radical (unpaired) electrons. The van der Waals surface area contributed by atoms with Gasteiger partial charge in [-0.3, -0.25) is 14.9 Å². The van der Waals surface area contributed by atoms with Gasteiger partial charge in [-0.05, 0) is 18.4 Å². The fourth-order valence-electron chi connectivity index (χ4n) is 2.37. The highest BCUT2D eigenvalue weighted by Crippen LogP contribution is 2.30. The molecule has 1 fully saturated rings. The standard InChI is InChI=1S/C13H15NO3/c15-13-8-3-1-2-7-12(13)10-5-4-6-11(9-10)14(16)17/h4-6,9,12H,1-3,7-8H2. The van der Waals surface area contributed by atoms with Crippen molar-refractivity contribution >= 4 is 11.5 Å². The summed E-state index contributed by atoms with van der Waals surface area (Å²) in [6.45, 7) is 0. The van der Waals surface area contributed by atoms with Crippen molar-refractivity contribution in [2.24, 2.45) is 0 Å². The third-order valence-electron chi connectivity index (χ3n) is 3.29. The average molecular weight is 233 g/mol. The molecule has 1 unspecified atom stereocenters. The van der Waals surface area contributed by atoms with E-state index in [0.717, 1.165) is 31.2 Å². The molecule has 0 heterocycles. The summed E-state index contributed by atoms with van der Waals surface area (Å²) in [5.74, 6) is 0.0837. The Labute approximate surface area is 99.8 Å². The molecular formula is C13H15NO3. The quantitative estimate of drug-likeness (QED) is 0.447. The molecular weight excluding hydrogens is 218 g/mol. The molecule has 0 aromatic heterocycles. The Kier molecular flexibility index (Phi) is 3.52. The molecule has 1 aliphatic rings. The van der Waals surface area contributed by atoms with Gasteiger partial charge in [-0.2, -0.15) is 0 Å². The molecule has 17 heavy (non-hydrogen) atoms. The molecule has 1 aliphatic carbocycles. The zero-order valence-electron chi connectivity index (χ0n) is 9.59. The summed E-state index contributed by atoms with van der Waals surface area (Å²) < 4.78 is 0. The van der Waals surface area contributed by atoms with Crippen molar-refractivity contribution in [2.45, 2.75) is 38.0 Å². The summed E-state index contributed by atoms with van der Waals surface area (Å²) in [5.41, 5.74) is 0.866. The van der Waals surface area contributed by atoms with Crippen LogP contribution in [0.4, 0.5) is 5.69 Å². The number of hydrogen-bond donors (Lipinski definition) is 0. The zero-order valence-corrected chi connectivity index (χ0v) is 9.59. The first kappa shape index (κ1) is 11.8. The van der Waals surface area contributed by atoms with E-state index in [2.05, 4.69) is 0 Å². The lowest BCUT2D eigenvalue weighted by Gasteiger charge is -2.12. The van der Waals surface area contributed by atoms with Crippen molar-refractivity contribution in [1.82, 2.24) is 0 Å². The van der Waals surface area contributed by atoms with Gasteiger partial charge < -0.3 is 0 Å². The van der Waals surface area contributed by atoms with Crippen LogP contribution < -0.4 is 0 Å². The van der Waals surface area contributed by atoms with Crippen molar-refractivity contribution in [3.05, 3.63) is 39.9 Å². The Morgan fingerprint density at radius 1 is 1.24 bits per heavy atom. The van der Waals surface area contributed by atoms with Gasteiger partial charge in [0.2, 0.25) is 0 Å². The number of ketones is 1. The Bertz CT molecular complexity index is 442. The van der Waals surface area contributed by atoms with E-state index in [4.69, 9.17) is 0 Å². The molecule has 0 amide bonds. The molecule has 4 heteroatoms. The molecule has 0 saturated heterocycles. The second kappa shape index (κ2) is 5.08. The van der Waals surface area contributed by atoms with Crippen LogP contribution in [0.5, 0.6) is 0 Å². The van der Waals surface area contributed by atoms with Gasteiger partial charge >= 0.3 is 0 Å². The van der Waals surface area contributed by atoms with Gasteiger partial charge in [0, 0.05) is 24.5 Å².